The van der Waals surface area contributed by atoms with Gasteiger partial charge in [0, 0.05) is 22.0 Å². The van der Waals surface area contributed by atoms with Gasteiger partial charge < -0.3 is 15.0 Å². The maximum Gasteiger partial charge on any atom is 0.197 e. The highest BCUT2D eigenvalue weighted by molar-refractivity contribution is 6.07. The Kier molecular flexibility index (Phi) is 4.61. The Hall–Kier alpha value is -2.68. The van der Waals surface area contributed by atoms with E-state index in [9.17, 15) is 0 Å². The lowest BCUT2D eigenvalue weighted by Crippen LogP contribution is -2.30. The number of benzene rings is 2. The third-order valence-electron chi connectivity index (χ3n) is 4.17. The molecule has 1 heterocycles. The van der Waals surface area contributed by atoms with Gasteiger partial charge in [0.2, 0.25) is 0 Å². The van der Waals surface area contributed by atoms with Crippen LogP contribution in [0.15, 0.2) is 60.8 Å². The summed E-state index contributed by atoms with van der Waals surface area (Å²) in [6.07, 6.45) is 4.63. The van der Waals surface area contributed by atoms with Gasteiger partial charge in [-0.05, 0) is 31.7 Å². The van der Waals surface area contributed by atoms with Crippen LogP contribution in [-0.4, -0.2) is 11.2 Å². The van der Waals surface area contributed by atoms with E-state index in [1.54, 1.807) is 0 Å². The van der Waals surface area contributed by atoms with Crippen molar-refractivity contribution in [1.82, 2.24) is 10.3 Å². The summed E-state index contributed by atoms with van der Waals surface area (Å²) >= 11 is 0. The summed E-state index contributed by atoms with van der Waals surface area (Å²) < 4.78 is 6.13. The highest BCUT2D eigenvalue weighted by Gasteiger charge is 2.15. The first-order valence-corrected chi connectivity index (χ1v) is 8.41. The third kappa shape index (κ3) is 3.02. The zero-order valence-corrected chi connectivity index (χ0v) is 14.5. The number of aryl methyl sites for hydroxylation is 1. The SMILES string of the molecule is C=C(/C=C\C)NC(C)Oc1[nH]c2c(ccc3ccccc32)c1CC. The van der Waals surface area contributed by atoms with E-state index in [-0.39, 0.29) is 6.23 Å². The molecule has 2 N–H and O–H groups in total. The Morgan fingerprint density at radius 2 is 2.04 bits per heavy atom. The van der Waals surface area contributed by atoms with E-state index in [1.807, 2.05) is 26.0 Å². The average molecular weight is 320 g/mol. The van der Waals surface area contributed by atoms with Crippen molar-refractivity contribution in [2.75, 3.05) is 0 Å². The molecule has 0 aliphatic rings. The second-order valence-corrected chi connectivity index (χ2v) is 5.93. The van der Waals surface area contributed by atoms with Crippen LogP contribution in [0.3, 0.4) is 0 Å². The topological polar surface area (TPSA) is 37.0 Å². The predicted molar refractivity (Wildman–Crippen MR) is 102 cm³/mol. The molecule has 3 rings (SSSR count). The van der Waals surface area contributed by atoms with Gasteiger partial charge in [-0.15, -0.1) is 0 Å². The number of hydrogen-bond donors (Lipinski definition) is 2. The van der Waals surface area contributed by atoms with Crippen LogP contribution in [-0.2, 0) is 6.42 Å². The van der Waals surface area contributed by atoms with E-state index in [1.165, 1.54) is 21.7 Å². The summed E-state index contributed by atoms with van der Waals surface area (Å²) in [7, 11) is 0. The quantitative estimate of drug-likeness (QED) is 0.478. The zero-order chi connectivity index (χ0) is 17.1. The predicted octanol–water partition coefficient (Wildman–Crippen LogP) is 5.29. The lowest BCUT2D eigenvalue weighted by atomic mass is 10.0. The molecule has 124 valence electrons. The average Bonchev–Trinajstić information content (AvgIpc) is 2.92. The lowest BCUT2D eigenvalue weighted by molar-refractivity contribution is 0.189. The second kappa shape index (κ2) is 6.83. The lowest BCUT2D eigenvalue weighted by Gasteiger charge is -2.17. The number of fused-ring (bicyclic) bond motifs is 3. The smallest absolute Gasteiger partial charge is 0.197 e. The van der Waals surface area contributed by atoms with E-state index in [2.05, 4.69) is 60.2 Å². The van der Waals surface area contributed by atoms with Crippen LogP contribution in [0.5, 0.6) is 5.88 Å². The summed E-state index contributed by atoms with van der Waals surface area (Å²) in [6.45, 7) is 10.1. The summed E-state index contributed by atoms with van der Waals surface area (Å²) in [5.41, 5.74) is 3.19. The Balaban J connectivity index is 1.98. The summed E-state index contributed by atoms with van der Waals surface area (Å²) in [5, 5.41) is 6.92. The summed E-state index contributed by atoms with van der Waals surface area (Å²) in [5.74, 6) is 0.831. The Labute approximate surface area is 143 Å². The van der Waals surface area contributed by atoms with Crippen LogP contribution in [0.4, 0.5) is 0 Å². The Morgan fingerprint density at radius 1 is 1.25 bits per heavy atom. The van der Waals surface area contributed by atoms with Crippen molar-refractivity contribution in [2.24, 2.45) is 0 Å². The van der Waals surface area contributed by atoms with Gasteiger partial charge in [0.15, 0.2) is 12.1 Å². The molecule has 0 aliphatic heterocycles. The van der Waals surface area contributed by atoms with Crippen molar-refractivity contribution in [2.45, 2.75) is 33.4 Å². The van der Waals surface area contributed by atoms with E-state index < -0.39 is 0 Å². The minimum atomic E-state index is -0.168. The highest BCUT2D eigenvalue weighted by atomic mass is 16.5. The van der Waals surface area contributed by atoms with Crippen LogP contribution >= 0.6 is 0 Å². The molecule has 3 aromatic rings. The van der Waals surface area contributed by atoms with E-state index in [4.69, 9.17) is 4.74 Å². The number of hydrogen-bond acceptors (Lipinski definition) is 2. The third-order valence-corrected chi connectivity index (χ3v) is 4.17. The number of H-pyrrole nitrogens is 1. The number of aromatic nitrogens is 1. The number of nitrogens with one attached hydrogen (secondary N) is 2. The van der Waals surface area contributed by atoms with Crippen LogP contribution in [0.25, 0.3) is 21.7 Å². The number of rotatable bonds is 6. The molecule has 1 atom stereocenters. The van der Waals surface area contributed by atoms with Crippen molar-refractivity contribution in [1.29, 1.82) is 0 Å². The molecule has 0 saturated carbocycles. The maximum absolute atomic E-state index is 6.13. The van der Waals surface area contributed by atoms with E-state index in [0.29, 0.717) is 0 Å². The van der Waals surface area contributed by atoms with E-state index >= 15 is 0 Å². The van der Waals surface area contributed by atoms with E-state index in [0.717, 1.165) is 23.5 Å². The zero-order valence-electron chi connectivity index (χ0n) is 14.5. The van der Waals surface area contributed by atoms with Crippen LogP contribution in [0, 0.1) is 0 Å². The van der Waals surface area contributed by atoms with Gasteiger partial charge >= 0.3 is 0 Å². The second-order valence-electron chi connectivity index (χ2n) is 5.93. The fourth-order valence-corrected chi connectivity index (χ4v) is 3.14. The number of aromatic amines is 1. The minimum absolute atomic E-state index is 0.168. The van der Waals surface area contributed by atoms with Crippen LogP contribution < -0.4 is 10.1 Å². The van der Waals surface area contributed by atoms with Crippen molar-refractivity contribution in [3.05, 3.63) is 66.4 Å². The molecular weight excluding hydrogens is 296 g/mol. The fourth-order valence-electron chi connectivity index (χ4n) is 3.14. The maximum atomic E-state index is 6.13. The molecule has 0 fully saturated rings. The molecule has 0 aliphatic carbocycles. The van der Waals surface area contributed by atoms with Gasteiger partial charge in [-0.2, -0.15) is 0 Å². The van der Waals surface area contributed by atoms with Gasteiger partial charge in [0.25, 0.3) is 0 Å². The molecule has 3 heteroatoms. The van der Waals surface area contributed by atoms with Crippen molar-refractivity contribution in [3.63, 3.8) is 0 Å². The van der Waals surface area contributed by atoms with Gasteiger partial charge in [0.05, 0.1) is 5.52 Å². The van der Waals surface area contributed by atoms with Gasteiger partial charge in [-0.1, -0.05) is 56.0 Å². The summed E-state index contributed by atoms with van der Waals surface area (Å²) in [4.78, 5) is 3.48. The molecule has 3 nitrogen and oxygen atoms in total. The molecule has 0 bridgehead atoms. The van der Waals surface area contributed by atoms with Crippen LogP contribution in [0.1, 0.15) is 26.3 Å². The minimum Gasteiger partial charge on any atom is -0.456 e. The molecule has 2 aromatic carbocycles. The fraction of sp³-hybridized carbons (Fsp3) is 0.238. The largest absolute Gasteiger partial charge is 0.456 e. The Bertz CT molecular complexity index is 905. The first kappa shape index (κ1) is 16.2. The summed E-state index contributed by atoms with van der Waals surface area (Å²) in [6, 6.07) is 12.8. The first-order chi connectivity index (χ1) is 11.6. The Morgan fingerprint density at radius 3 is 2.79 bits per heavy atom. The molecule has 0 spiro atoms. The molecule has 0 radical (unpaired) electrons. The van der Waals surface area contributed by atoms with Crippen molar-refractivity contribution < 1.29 is 4.74 Å². The van der Waals surface area contributed by atoms with Gasteiger partial charge in [0.1, 0.15) is 0 Å². The molecule has 24 heavy (non-hydrogen) atoms. The van der Waals surface area contributed by atoms with Crippen molar-refractivity contribution in [3.8, 4) is 5.88 Å². The molecule has 0 saturated heterocycles. The van der Waals surface area contributed by atoms with Crippen molar-refractivity contribution >= 4 is 21.7 Å². The standard InChI is InChI=1S/C21H24N2O/c1-5-9-14(3)22-15(4)24-21-17(6-2)19-13-12-16-10-7-8-11-18(16)20(19)23-21/h5,7-13,15,22-23H,3,6H2,1-2,4H3/b9-5-. The number of allylic oxidation sites excluding steroid dienone is 2. The first-order valence-electron chi connectivity index (χ1n) is 8.41. The molecular formula is C21H24N2O. The molecule has 0 amide bonds. The normalized spacial score (nSPS) is 12.8. The van der Waals surface area contributed by atoms with Crippen LogP contribution in [0.2, 0.25) is 0 Å². The molecule has 1 aromatic heterocycles. The monoisotopic (exact) mass is 320 g/mol. The highest BCUT2D eigenvalue weighted by Crippen LogP contribution is 2.33. The van der Waals surface area contributed by atoms with Gasteiger partial charge in [-0.3, -0.25) is 0 Å². The number of ether oxygens (including phenoxy) is 1. The van der Waals surface area contributed by atoms with Gasteiger partial charge in [-0.25, -0.2) is 0 Å². The molecule has 1 unspecified atom stereocenters.